The number of anilines is 2. The van der Waals surface area contributed by atoms with Gasteiger partial charge in [-0.1, -0.05) is 158 Å². The van der Waals surface area contributed by atoms with Crippen LogP contribution in [0, 0.1) is 0 Å². The van der Waals surface area contributed by atoms with Crippen LogP contribution >= 0.6 is 0 Å². The van der Waals surface area contributed by atoms with Crippen molar-refractivity contribution >= 4 is 93.5 Å². The van der Waals surface area contributed by atoms with Gasteiger partial charge >= 0.3 is 0 Å². The van der Waals surface area contributed by atoms with E-state index in [9.17, 15) is 0 Å². The molecule has 12 aromatic rings. The van der Waals surface area contributed by atoms with Gasteiger partial charge in [-0.3, -0.25) is 0 Å². The van der Waals surface area contributed by atoms with Crippen LogP contribution in [0.3, 0.4) is 0 Å². The number of hydrogen-bond acceptors (Lipinski definition) is 4. The average molecular weight is 796 g/mol. The molecule has 1 aliphatic rings. The van der Waals surface area contributed by atoms with E-state index >= 15 is 0 Å². The van der Waals surface area contributed by atoms with Gasteiger partial charge in [0, 0.05) is 77.0 Å². The van der Waals surface area contributed by atoms with Gasteiger partial charge in [-0.25, -0.2) is 0 Å². The molecule has 1 aliphatic carbocycles. The van der Waals surface area contributed by atoms with Crippen molar-refractivity contribution in [1.82, 2.24) is 0 Å². The van der Waals surface area contributed by atoms with Crippen LogP contribution in [0.2, 0.25) is 0 Å². The molecule has 0 saturated carbocycles. The third-order valence-electron chi connectivity index (χ3n) is 12.8. The summed E-state index contributed by atoms with van der Waals surface area (Å²) in [6.07, 6.45) is 6.36. The Hall–Kier alpha value is -8.08. The third-order valence-corrected chi connectivity index (χ3v) is 12.8. The zero-order valence-electron chi connectivity index (χ0n) is 33.6. The van der Waals surface area contributed by atoms with Gasteiger partial charge in [-0.2, -0.15) is 0 Å². The van der Waals surface area contributed by atoms with Crippen molar-refractivity contribution in [3.63, 3.8) is 0 Å². The van der Waals surface area contributed by atoms with Crippen molar-refractivity contribution < 1.29 is 13.3 Å². The fourth-order valence-electron chi connectivity index (χ4n) is 9.86. The Bertz CT molecular complexity index is 3640. The van der Waals surface area contributed by atoms with E-state index in [1.54, 1.807) is 0 Å². The zero-order chi connectivity index (χ0) is 40.7. The molecular weight excluding hydrogens is 759 g/mol. The largest absolute Gasteiger partial charge is 0.455 e. The van der Waals surface area contributed by atoms with E-state index in [0.29, 0.717) is 0 Å². The normalized spacial score (nSPS) is 13.2. The predicted molar refractivity (Wildman–Crippen MR) is 257 cm³/mol. The molecule has 4 nitrogen and oxygen atoms in total. The van der Waals surface area contributed by atoms with E-state index in [1.165, 1.54) is 11.1 Å². The Kier molecular flexibility index (Phi) is 7.70. The van der Waals surface area contributed by atoms with Crippen molar-refractivity contribution in [2.45, 2.75) is 12.8 Å². The van der Waals surface area contributed by atoms with E-state index < -0.39 is 0 Å². The number of fused-ring (bicyclic) bond motifs is 11. The number of allylic oxidation sites excluding steroid dienone is 4. The van der Waals surface area contributed by atoms with Crippen LogP contribution in [0.4, 0.5) is 11.4 Å². The quantitative estimate of drug-likeness (QED) is 0.168. The highest BCUT2D eigenvalue weighted by Crippen LogP contribution is 2.45. The van der Waals surface area contributed by atoms with Crippen molar-refractivity contribution in [2.75, 3.05) is 4.90 Å². The van der Waals surface area contributed by atoms with Crippen molar-refractivity contribution in [3.8, 4) is 22.3 Å². The molecule has 3 aromatic heterocycles. The Morgan fingerprint density at radius 2 is 0.839 bits per heavy atom. The SMILES string of the molecule is C1=CC(c2cccc3c2oc2c4ccccc4ccc32)=C(N(c2ccc(-c3cccc4c3oc3ccccc34)cc2)c2ccc(-c3cccc4c3oc3ccccc34)cc2)CC1. The number of nitrogens with zero attached hydrogens (tertiary/aromatic N) is 1. The van der Waals surface area contributed by atoms with Crippen LogP contribution < -0.4 is 4.90 Å². The lowest BCUT2D eigenvalue weighted by atomic mass is 9.93. The Morgan fingerprint density at radius 3 is 1.45 bits per heavy atom. The summed E-state index contributed by atoms with van der Waals surface area (Å²) in [7, 11) is 0. The minimum atomic E-state index is 0.853. The van der Waals surface area contributed by atoms with E-state index in [2.05, 4.69) is 181 Å². The Morgan fingerprint density at radius 1 is 0.355 bits per heavy atom. The lowest BCUT2D eigenvalue weighted by Crippen LogP contribution is -2.19. The maximum absolute atomic E-state index is 6.93. The van der Waals surface area contributed by atoms with E-state index in [4.69, 9.17) is 13.3 Å². The van der Waals surface area contributed by atoms with Gasteiger partial charge in [-0.15, -0.1) is 0 Å². The minimum absolute atomic E-state index is 0.853. The van der Waals surface area contributed by atoms with E-state index in [-0.39, 0.29) is 0 Å². The molecule has 0 spiro atoms. The second kappa shape index (κ2) is 13.7. The molecule has 292 valence electrons. The van der Waals surface area contributed by atoms with Gasteiger partial charge in [0.25, 0.3) is 0 Å². The molecule has 4 heteroatoms. The third kappa shape index (κ3) is 5.33. The van der Waals surface area contributed by atoms with Gasteiger partial charge in [0.05, 0.1) is 0 Å². The molecule has 0 radical (unpaired) electrons. The van der Waals surface area contributed by atoms with Crippen LogP contribution in [-0.2, 0) is 0 Å². The lowest BCUT2D eigenvalue weighted by Gasteiger charge is -2.31. The summed E-state index contributed by atoms with van der Waals surface area (Å²) in [5.41, 5.74) is 15.4. The number of rotatable bonds is 6. The molecule has 0 N–H and O–H groups in total. The van der Waals surface area contributed by atoms with Gasteiger partial charge in [0.15, 0.2) is 0 Å². The molecule has 9 aromatic carbocycles. The molecule has 0 unspecified atom stereocenters. The van der Waals surface area contributed by atoms with Crippen molar-refractivity contribution in [2.24, 2.45) is 0 Å². The smallest absolute Gasteiger partial charge is 0.143 e. The second-order valence-electron chi connectivity index (χ2n) is 16.2. The Balaban J connectivity index is 0.985. The molecule has 0 saturated heterocycles. The summed E-state index contributed by atoms with van der Waals surface area (Å²) in [6, 6.07) is 66.7. The molecular formula is C58H37NO3. The monoisotopic (exact) mass is 795 g/mol. The molecule has 0 amide bonds. The molecule has 0 atom stereocenters. The van der Waals surface area contributed by atoms with Crippen LogP contribution in [0.25, 0.3) is 104 Å². The molecule has 0 fully saturated rings. The highest BCUT2D eigenvalue weighted by Gasteiger charge is 2.24. The maximum Gasteiger partial charge on any atom is 0.143 e. The number of para-hydroxylation sites is 5. The summed E-state index contributed by atoms with van der Waals surface area (Å²) in [5.74, 6) is 0. The van der Waals surface area contributed by atoms with Crippen LogP contribution in [0.15, 0.2) is 219 Å². The summed E-state index contributed by atoms with van der Waals surface area (Å²) >= 11 is 0. The zero-order valence-corrected chi connectivity index (χ0v) is 33.6. The molecule has 0 aliphatic heterocycles. The standard InChI is InChI=1S/C58H37NO3/c1-2-13-41-36(12-1)30-35-51-50-22-11-19-47(58(50)62-57(41)51)44-14-3-6-23-52(44)59(39-31-26-37(27-32-39)42-17-9-20-48-45-15-4-7-24-53(45)60-55(42)48)40-33-28-38(29-34-40)43-18-10-21-49-46-16-5-8-25-54(46)61-56(43)49/h1-5,7-22,24-35H,6,23H2. The molecule has 62 heavy (non-hydrogen) atoms. The first-order valence-electron chi connectivity index (χ1n) is 21.3. The first-order chi connectivity index (χ1) is 30.7. The van der Waals surface area contributed by atoms with Gasteiger partial charge in [-0.05, 0) is 71.8 Å². The van der Waals surface area contributed by atoms with Crippen LogP contribution in [-0.4, -0.2) is 0 Å². The Labute approximate surface area is 356 Å². The van der Waals surface area contributed by atoms with E-state index in [0.717, 1.165) is 129 Å². The highest BCUT2D eigenvalue weighted by molar-refractivity contribution is 6.17. The fourth-order valence-corrected chi connectivity index (χ4v) is 9.86. The van der Waals surface area contributed by atoms with Crippen LogP contribution in [0.5, 0.6) is 0 Å². The topological polar surface area (TPSA) is 42.7 Å². The van der Waals surface area contributed by atoms with Crippen molar-refractivity contribution in [3.05, 3.63) is 211 Å². The number of hydrogen-bond donors (Lipinski definition) is 0. The molecule has 13 rings (SSSR count). The maximum atomic E-state index is 6.93. The fraction of sp³-hybridized carbons (Fsp3) is 0.0345. The minimum Gasteiger partial charge on any atom is -0.455 e. The molecule has 0 bridgehead atoms. The lowest BCUT2D eigenvalue weighted by molar-refractivity contribution is 0.669. The summed E-state index contributed by atoms with van der Waals surface area (Å²) < 4.78 is 19.9. The first kappa shape index (κ1) is 34.8. The summed E-state index contributed by atoms with van der Waals surface area (Å²) in [4.78, 5) is 2.44. The average Bonchev–Trinajstić information content (AvgIpc) is 4.04. The van der Waals surface area contributed by atoms with Crippen molar-refractivity contribution in [1.29, 1.82) is 0 Å². The molecule has 3 heterocycles. The summed E-state index contributed by atoms with van der Waals surface area (Å²) in [6.45, 7) is 0. The van der Waals surface area contributed by atoms with Gasteiger partial charge in [0.1, 0.15) is 33.5 Å². The van der Waals surface area contributed by atoms with Gasteiger partial charge < -0.3 is 18.2 Å². The first-order valence-corrected chi connectivity index (χ1v) is 21.3. The highest BCUT2D eigenvalue weighted by atomic mass is 16.3. The van der Waals surface area contributed by atoms with E-state index in [1.807, 2.05) is 24.3 Å². The number of furan rings is 3. The van der Waals surface area contributed by atoms with Gasteiger partial charge in [0.2, 0.25) is 0 Å². The number of benzene rings is 9. The predicted octanol–water partition coefficient (Wildman–Crippen LogP) is 16.8. The van der Waals surface area contributed by atoms with Crippen LogP contribution in [0.1, 0.15) is 18.4 Å². The second-order valence-corrected chi connectivity index (χ2v) is 16.2. The summed E-state index contributed by atoms with van der Waals surface area (Å²) in [5, 5.41) is 9.05.